The number of esters is 2. The molecule has 0 radical (unpaired) electrons. The van der Waals surface area contributed by atoms with Crippen LogP contribution in [0.4, 0.5) is 0 Å². The quantitative estimate of drug-likeness (QED) is 0.0154. The number of para-hydroxylation sites is 3. The molecule has 0 aromatic heterocycles. The van der Waals surface area contributed by atoms with Crippen molar-refractivity contribution in [1.29, 1.82) is 0 Å². The van der Waals surface area contributed by atoms with Gasteiger partial charge < -0.3 is 47.4 Å². The molecule has 0 saturated carbocycles. The van der Waals surface area contributed by atoms with Gasteiger partial charge in [-0.3, -0.25) is 4.79 Å². The second kappa shape index (κ2) is 84.2. The molecule has 0 unspecified atom stereocenters. The number of benzene rings is 6. The second-order valence-electron chi connectivity index (χ2n) is 15.9. The minimum absolute atomic E-state index is 0.286. The first kappa shape index (κ1) is 92.1. The van der Waals surface area contributed by atoms with Crippen LogP contribution in [-0.2, 0) is 42.7 Å². The normalized spacial score (nSPS) is 9.33. The topological polar surface area (TPSA) is 126 Å². The molecule has 0 atom stereocenters. The van der Waals surface area contributed by atoms with E-state index in [0.717, 1.165) is 55.7 Å². The van der Waals surface area contributed by atoms with Gasteiger partial charge in [-0.25, -0.2) is 4.79 Å². The van der Waals surface area contributed by atoms with E-state index >= 15 is 0 Å². The lowest BCUT2D eigenvalue weighted by Gasteiger charge is -2.01. The average Bonchev–Trinajstić information content (AvgIpc) is 3.70. The molecule has 12 nitrogen and oxygen atoms in total. The highest BCUT2D eigenvalue weighted by atomic mass is 32.2. The maximum absolute atomic E-state index is 10.7. The van der Waals surface area contributed by atoms with Gasteiger partial charge in [0.25, 0.3) is 0 Å². The number of carbonyl (C=O) groups excluding carboxylic acids is 2. The van der Waals surface area contributed by atoms with Crippen LogP contribution in [0.3, 0.4) is 0 Å². The molecule has 490 valence electrons. The third kappa shape index (κ3) is 82.1. The summed E-state index contributed by atoms with van der Waals surface area (Å²) in [6.07, 6.45) is 24.8. The van der Waals surface area contributed by atoms with Crippen molar-refractivity contribution in [2.24, 2.45) is 0 Å². The largest absolute Gasteiger partial charge is 0.497 e. The van der Waals surface area contributed by atoms with Crippen molar-refractivity contribution < 1.29 is 57.0 Å². The Bertz CT molecular complexity index is 2430. The van der Waals surface area contributed by atoms with Crippen LogP contribution in [0.5, 0.6) is 17.2 Å². The third-order valence-corrected chi connectivity index (χ3v) is 9.74. The smallest absolute Gasteiger partial charge is 0.330 e. The van der Waals surface area contributed by atoms with E-state index in [0.29, 0.717) is 12.5 Å². The van der Waals surface area contributed by atoms with Gasteiger partial charge in [-0.1, -0.05) is 202 Å². The molecule has 13 heteroatoms. The number of hydrogen-bond acceptors (Lipinski definition) is 13. The predicted octanol–water partition coefficient (Wildman–Crippen LogP) is 18.4. The molecule has 0 aliphatic rings. The predicted molar refractivity (Wildman–Crippen MR) is 379 cm³/mol. The second-order valence-corrected chi connectivity index (χ2v) is 16.8. The summed E-state index contributed by atoms with van der Waals surface area (Å²) in [6.45, 7) is 21.1. The van der Waals surface area contributed by atoms with Gasteiger partial charge in [0.1, 0.15) is 17.2 Å². The Morgan fingerprint density at radius 2 is 0.764 bits per heavy atom. The van der Waals surface area contributed by atoms with E-state index in [4.69, 9.17) is 42.6 Å². The van der Waals surface area contributed by atoms with Gasteiger partial charge in [-0.15, -0.1) is 17.7 Å². The molecule has 0 bridgehead atoms. The summed E-state index contributed by atoms with van der Waals surface area (Å²) in [5.41, 5.74) is 2.07. The number of thioether (sulfide) groups is 1. The molecule has 0 fully saturated rings. The van der Waals surface area contributed by atoms with Gasteiger partial charge in [0.05, 0.1) is 47.3 Å². The monoisotopic (exact) mass is 1240 g/mol. The van der Waals surface area contributed by atoms with Crippen molar-refractivity contribution >= 4 is 29.8 Å². The average molecular weight is 1250 g/mol. The molecule has 0 aliphatic carbocycles. The van der Waals surface area contributed by atoms with Crippen molar-refractivity contribution in [3.8, 4) is 29.1 Å². The van der Waals surface area contributed by atoms with Crippen LogP contribution in [0.15, 0.2) is 254 Å². The Morgan fingerprint density at radius 3 is 1.02 bits per heavy atom. The van der Waals surface area contributed by atoms with Crippen LogP contribution in [0.1, 0.15) is 73.4 Å². The number of hydrogen-bond donors (Lipinski definition) is 0. The fourth-order valence-electron chi connectivity index (χ4n) is 4.84. The summed E-state index contributed by atoms with van der Waals surface area (Å²) in [7, 11) is 13.0. The SMILES string of the molecule is CC.CC#Cc1ccccc1.CC(=O)Oc1ccccc1.CC=CCOC.CC=CCOC.CC=CCOC.CC=CCOC.CC=CCOC.COC(=O)/C=C/c1ccccc1.COCOc1ccccc1.COc1ccccc1.CSc1ccccc1. The zero-order valence-electron chi connectivity index (χ0n) is 56.8. The Kier molecular flexibility index (Phi) is 87.1. The summed E-state index contributed by atoms with van der Waals surface area (Å²) in [5.74, 6) is 7.51. The third-order valence-electron chi connectivity index (χ3n) is 9.00. The summed E-state index contributed by atoms with van der Waals surface area (Å²) < 4.78 is 47.5. The first-order valence-electron chi connectivity index (χ1n) is 28.8. The lowest BCUT2D eigenvalue weighted by Crippen LogP contribution is -2.00. The standard InChI is InChI=1S/C10H10O2.C9H8.C8H10O2.C8H8O2.C7H8O.C7H8S.5C5H10O.C2H6/c1-12-10(11)8-7-9-5-3-2-4-6-9;1-2-6-9-7-4-3-5-8-9;1-9-7-10-8-5-3-2-4-6-8;1-7(9)10-8-5-3-2-4-6-8;2*1-8-7-5-3-2-4-6-7;5*1-3-4-5-6-2;1-2/h2-8H,1H3;3-5,7-8H,1H3;2-6H,7H2,1H3;2-6H,1H3;2*2-6H,1H3;5*3-4H,5H2,1-2H3;1-2H3/b8-7+;;;;;;;;;;;. The van der Waals surface area contributed by atoms with E-state index in [1.54, 1.807) is 79.7 Å². The first-order chi connectivity index (χ1) is 43.4. The maximum atomic E-state index is 10.7. The van der Waals surface area contributed by atoms with Gasteiger partial charge in [0.15, 0.2) is 6.79 Å². The summed E-state index contributed by atoms with van der Waals surface area (Å²) in [5, 5.41) is 0. The van der Waals surface area contributed by atoms with Gasteiger partial charge in [0.2, 0.25) is 0 Å². The van der Waals surface area contributed by atoms with E-state index in [1.165, 1.54) is 25.0 Å². The highest BCUT2D eigenvalue weighted by Gasteiger charge is 1.93. The molecule has 89 heavy (non-hydrogen) atoms. The van der Waals surface area contributed by atoms with Crippen LogP contribution in [-0.4, -0.2) is 115 Å². The Hall–Kier alpha value is -8.03. The molecule has 6 aromatic rings. The first-order valence-corrected chi connectivity index (χ1v) is 30.0. The summed E-state index contributed by atoms with van der Waals surface area (Å²) >= 11 is 1.77. The molecule has 6 aromatic carbocycles. The van der Waals surface area contributed by atoms with E-state index in [9.17, 15) is 9.59 Å². The highest BCUT2D eigenvalue weighted by Crippen LogP contribution is 2.12. The van der Waals surface area contributed by atoms with E-state index in [2.05, 4.69) is 35.0 Å². The van der Waals surface area contributed by atoms with Crippen LogP contribution in [0.25, 0.3) is 6.08 Å². The Balaban J connectivity index is -0.000000214. The van der Waals surface area contributed by atoms with Crippen molar-refractivity contribution in [3.05, 3.63) is 260 Å². The minimum atomic E-state index is -0.334. The summed E-state index contributed by atoms with van der Waals surface area (Å²) in [4.78, 5) is 22.4. The molecule has 0 aliphatic heterocycles. The number of carbonyl (C=O) groups is 2. The van der Waals surface area contributed by atoms with Crippen LogP contribution in [0.2, 0.25) is 0 Å². The fourth-order valence-corrected chi connectivity index (χ4v) is 5.27. The maximum Gasteiger partial charge on any atom is 0.330 e. The van der Waals surface area contributed by atoms with Gasteiger partial charge >= 0.3 is 11.9 Å². The van der Waals surface area contributed by atoms with Gasteiger partial charge in [-0.2, -0.15) is 0 Å². The fraction of sp³-hybridized carbons (Fsp3) is 0.316. The molecule has 0 heterocycles. The lowest BCUT2D eigenvalue weighted by atomic mass is 10.2. The minimum Gasteiger partial charge on any atom is -0.497 e. The van der Waals surface area contributed by atoms with Gasteiger partial charge in [-0.05, 0) is 120 Å². The van der Waals surface area contributed by atoms with E-state index in [1.807, 2.05) is 274 Å². The van der Waals surface area contributed by atoms with E-state index < -0.39 is 0 Å². The van der Waals surface area contributed by atoms with Crippen molar-refractivity contribution in [2.45, 2.75) is 67.2 Å². The number of methoxy groups -OCH3 is 8. The molecule has 0 saturated heterocycles. The van der Waals surface area contributed by atoms with Crippen LogP contribution >= 0.6 is 11.8 Å². The van der Waals surface area contributed by atoms with Crippen LogP contribution in [0, 0.1) is 11.8 Å². The van der Waals surface area contributed by atoms with Crippen molar-refractivity contribution in [1.82, 2.24) is 0 Å². The Labute approximate surface area is 543 Å². The molecular weight excluding hydrogens is 1140 g/mol. The number of rotatable bonds is 18. The lowest BCUT2D eigenvalue weighted by molar-refractivity contribution is -0.135. The zero-order chi connectivity index (χ0) is 67.8. The number of allylic oxidation sites excluding steroid dienone is 5. The van der Waals surface area contributed by atoms with Crippen molar-refractivity contribution in [3.63, 3.8) is 0 Å². The molecule has 6 rings (SSSR count). The summed E-state index contributed by atoms with van der Waals surface area (Å²) in [6, 6.07) is 58.1. The molecule has 0 amide bonds. The Morgan fingerprint density at radius 1 is 0.438 bits per heavy atom. The molecule has 0 spiro atoms. The van der Waals surface area contributed by atoms with Gasteiger partial charge in [0, 0.05) is 66.1 Å². The van der Waals surface area contributed by atoms with Crippen molar-refractivity contribution in [2.75, 3.05) is 103 Å². The highest BCUT2D eigenvalue weighted by molar-refractivity contribution is 7.98. The zero-order valence-corrected chi connectivity index (χ0v) is 57.6. The molecular formula is C76H108O12S. The number of ether oxygens (including phenoxy) is 10. The molecule has 0 N–H and O–H groups in total. The van der Waals surface area contributed by atoms with Crippen LogP contribution < -0.4 is 14.2 Å². The van der Waals surface area contributed by atoms with E-state index in [-0.39, 0.29) is 11.9 Å².